The maximum atomic E-state index is 13.4. The van der Waals surface area contributed by atoms with Crippen molar-refractivity contribution < 1.29 is 39.0 Å². The molecule has 2 aromatic heterocycles. The van der Waals surface area contributed by atoms with Crippen molar-refractivity contribution in [2.75, 3.05) is 26.2 Å². The lowest BCUT2D eigenvalue weighted by atomic mass is 10.0. The number of nitrogens with zero attached hydrogens (tertiary/aromatic N) is 4. The highest BCUT2D eigenvalue weighted by Gasteiger charge is 2.30. The summed E-state index contributed by atoms with van der Waals surface area (Å²) >= 11 is 0. The third kappa shape index (κ3) is 9.37. The molecular formula is C28H42N8O8. The molecule has 2 heterocycles. The molecule has 16 nitrogen and oxygen atoms in total. The Labute approximate surface area is 255 Å². The fourth-order valence-corrected chi connectivity index (χ4v) is 4.46. The number of carboxylic acids is 2. The minimum absolute atomic E-state index is 0.00440. The Hall–Kier alpha value is -4.76. The molecule has 44 heavy (non-hydrogen) atoms. The standard InChI is InChI=1S/C28H42N8O8/c1-7-35(25(39)21-19(29-13-31-21)23(37)33-17(27(41)42)11-15(3)4)9-10-36(8-2)26(40)22-20(30-14-32-22)24(38)34-18(28(43)44)12-16(5)6/h13-18H,7-12H2,1-6H3,(H,29,31)(H,30,32)(H,33,37)(H,34,38)(H,41,42)(H,43,44)/t17-,18-/m0/s1. The molecule has 0 radical (unpaired) electrons. The van der Waals surface area contributed by atoms with Crippen LogP contribution in [0.15, 0.2) is 12.7 Å². The molecule has 2 aromatic rings. The van der Waals surface area contributed by atoms with E-state index in [0.29, 0.717) is 0 Å². The second-order valence-electron chi connectivity index (χ2n) is 11.0. The zero-order valence-corrected chi connectivity index (χ0v) is 25.8. The van der Waals surface area contributed by atoms with Crippen molar-refractivity contribution in [3.05, 3.63) is 35.4 Å². The molecule has 0 saturated heterocycles. The molecule has 0 bridgehead atoms. The molecule has 0 unspecified atom stereocenters. The lowest BCUT2D eigenvalue weighted by molar-refractivity contribution is -0.140. The molecule has 2 atom stereocenters. The third-order valence-electron chi connectivity index (χ3n) is 6.74. The number of likely N-dealkylation sites (N-methyl/N-ethyl adjacent to an activating group) is 2. The van der Waals surface area contributed by atoms with Crippen molar-refractivity contribution >= 4 is 35.6 Å². The van der Waals surface area contributed by atoms with Gasteiger partial charge in [-0.1, -0.05) is 27.7 Å². The van der Waals surface area contributed by atoms with Crippen LogP contribution in [-0.4, -0.2) is 114 Å². The van der Waals surface area contributed by atoms with E-state index in [-0.39, 0.29) is 73.6 Å². The summed E-state index contributed by atoms with van der Waals surface area (Å²) < 4.78 is 0. The van der Waals surface area contributed by atoms with Gasteiger partial charge in [-0.05, 0) is 38.5 Å². The topological polar surface area (TPSA) is 231 Å². The quantitative estimate of drug-likeness (QED) is 0.148. The summed E-state index contributed by atoms with van der Waals surface area (Å²) in [6.07, 6.45) is 2.71. The summed E-state index contributed by atoms with van der Waals surface area (Å²) in [6.45, 7) is 11.2. The number of imidazole rings is 2. The molecule has 0 saturated carbocycles. The Morgan fingerprint density at radius 3 is 1.32 bits per heavy atom. The first-order valence-corrected chi connectivity index (χ1v) is 14.4. The second kappa shape index (κ2) is 16.2. The predicted molar refractivity (Wildman–Crippen MR) is 157 cm³/mol. The van der Waals surface area contributed by atoms with Crippen LogP contribution >= 0.6 is 0 Å². The van der Waals surface area contributed by atoms with E-state index in [1.54, 1.807) is 13.8 Å². The van der Waals surface area contributed by atoms with Crippen molar-refractivity contribution in [3.63, 3.8) is 0 Å². The van der Waals surface area contributed by atoms with Crippen molar-refractivity contribution in [3.8, 4) is 0 Å². The Morgan fingerprint density at radius 2 is 1.05 bits per heavy atom. The van der Waals surface area contributed by atoms with Crippen molar-refractivity contribution in [2.45, 2.75) is 66.5 Å². The van der Waals surface area contributed by atoms with E-state index in [4.69, 9.17) is 0 Å². The highest BCUT2D eigenvalue weighted by Crippen LogP contribution is 2.13. The summed E-state index contributed by atoms with van der Waals surface area (Å²) in [6, 6.07) is -2.32. The molecule has 16 heteroatoms. The number of nitrogens with one attached hydrogen (secondary N) is 4. The predicted octanol–water partition coefficient (Wildman–Crippen LogP) is 1.22. The first-order chi connectivity index (χ1) is 20.7. The molecule has 4 amide bonds. The largest absolute Gasteiger partial charge is 0.480 e. The van der Waals surface area contributed by atoms with E-state index in [1.807, 2.05) is 27.7 Å². The number of aliphatic carboxylic acids is 2. The van der Waals surface area contributed by atoms with Crippen LogP contribution in [0, 0.1) is 11.8 Å². The van der Waals surface area contributed by atoms with Crippen LogP contribution in [0.25, 0.3) is 0 Å². The van der Waals surface area contributed by atoms with E-state index in [9.17, 15) is 39.0 Å². The summed E-state index contributed by atoms with van der Waals surface area (Å²) in [5.41, 5.74) is -0.766. The molecule has 0 aliphatic carbocycles. The molecule has 6 N–H and O–H groups in total. The monoisotopic (exact) mass is 618 g/mol. The minimum atomic E-state index is -1.20. The Bertz CT molecular complexity index is 1230. The van der Waals surface area contributed by atoms with Crippen LogP contribution in [0.4, 0.5) is 0 Å². The van der Waals surface area contributed by atoms with Crippen LogP contribution in [0.5, 0.6) is 0 Å². The zero-order valence-electron chi connectivity index (χ0n) is 25.8. The summed E-state index contributed by atoms with van der Waals surface area (Å²) in [5.74, 6) is -5.21. The second-order valence-corrected chi connectivity index (χ2v) is 11.0. The SMILES string of the molecule is CCN(CCN(CC)C(=O)c1[nH]cnc1C(=O)N[C@@H](CC(C)C)C(=O)O)C(=O)c1[nH]cnc1C(=O)N[C@@H](CC(C)C)C(=O)O. The minimum Gasteiger partial charge on any atom is -0.480 e. The Kier molecular flexibility index (Phi) is 13.0. The molecule has 0 aliphatic heterocycles. The van der Waals surface area contributed by atoms with Crippen LogP contribution in [0.3, 0.4) is 0 Å². The summed E-state index contributed by atoms with van der Waals surface area (Å²) in [4.78, 5) is 91.6. The van der Waals surface area contributed by atoms with Gasteiger partial charge < -0.3 is 40.6 Å². The van der Waals surface area contributed by atoms with Crippen LogP contribution < -0.4 is 10.6 Å². The smallest absolute Gasteiger partial charge is 0.326 e. The molecule has 242 valence electrons. The van der Waals surface area contributed by atoms with E-state index in [0.717, 1.165) is 12.7 Å². The van der Waals surface area contributed by atoms with E-state index >= 15 is 0 Å². The number of carbonyl (C=O) groups is 6. The highest BCUT2D eigenvalue weighted by molar-refractivity contribution is 6.06. The van der Waals surface area contributed by atoms with Crippen molar-refractivity contribution in [2.24, 2.45) is 11.8 Å². The van der Waals surface area contributed by atoms with Crippen molar-refractivity contribution in [1.29, 1.82) is 0 Å². The van der Waals surface area contributed by atoms with Crippen LogP contribution in [0.2, 0.25) is 0 Å². The number of H-pyrrole nitrogens is 2. The molecule has 0 aromatic carbocycles. The van der Waals surface area contributed by atoms with Gasteiger partial charge in [0.2, 0.25) is 0 Å². The number of aromatic amines is 2. The zero-order chi connectivity index (χ0) is 33.1. The average molecular weight is 619 g/mol. The van der Waals surface area contributed by atoms with Crippen LogP contribution in [0.1, 0.15) is 96.3 Å². The number of amides is 4. The Morgan fingerprint density at radius 1 is 0.705 bits per heavy atom. The first kappa shape index (κ1) is 35.4. The maximum Gasteiger partial charge on any atom is 0.326 e. The van der Waals surface area contributed by atoms with E-state index in [1.165, 1.54) is 9.80 Å². The van der Waals surface area contributed by atoms with Gasteiger partial charge in [0.05, 0.1) is 12.7 Å². The normalized spacial score (nSPS) is 12.5. The van der Waals surface area contributed by atoms with Gasteiger partial charge in [-0.25, -0.2) is 19.6 Å². The average Bonchev–Trinajstić information content (AvgIpc) is 3.64. The number of carboxylic acid groups (broad SMARTS) is 2. The van der Waals surface area contributed by atoms with Gasteiger partial charge in [0.25, 0.3) is 23.6 Å². The molecular weight excluding hydrogens is 576 g/mol. The number of hydrogen-bond acceptors (Lipinski definition) is 8. The molecule has 0 fully saturated rings. The van der Waals surface area contributed by atoms with Gasteiger partial charge in [-0.2, -0.15) is 0 Å². The van der Waals surface area contributed by atoms with Gasteiger partial charge in [-0.15, -0.1) is 0 Å². The lowest BCUT2D eigenvalue weighted by Gasteiger charge is -2.26. The van der Waals surface area contributed by atoms with E-state index < -0.39 is 47.7 Å². The van der Waals surface area contributed by atoms with Gasteiger partial charge >= 0.3 is 11.9 Å². The Balaban J connectivity index is 2.15. The van der Waals surface area contributed by atoms with Crippen molar-refractivity contribution in [1.82, 2.24) is 40.4 Å². The molecule has 0 spiro atoms. The number of hydrogen-bond donors (Lipinski definition) is 6. The van der Waals surface area contributed by atoms with Gasteiger partial charge in [-0.3, -0.25) is 19.2 Å². The van der Waals surface area contributed by atoms with Gasteiger partial charge in [0, 0.05) is 26.2 Å². The maximum absolute atomic E-state index is 13.4. The number of aromatic nitrogens is 4. The van der Waals surface area contributed by atoms with Gasteiger partial charge in [0.1, 0.15) is 23.5 Å². The highest BCUT2D eigenvalue weighted by atomic mass is 16.4. The van der Waals surface area contributed by atoms with Gasteiger partial charge in [0.15, 0.2) is 11.4 Å². The van der Waals surface area contributed by atoms with E-state index in [2.05, 4.69) is 30.6 Å². The number of rotatable bonds is 17. The number of carbonyl (C=O) groups excluding carboxylic acids is 4. The summed E-state index contributed by atoms with van der Waals surface area (Å²) in [7, 11) is 0. The molecule has 2 rings (SSSR count). The molecule has 0 aliphatic rings. The fraction of sp³-hybridized carbons (Fsp3) is 0.571. The lowest BCUT2D eigenvalue weighted by Crippen LogP contribution is -2.44. The third-order valence-corrected chi connectivity index (χ3v) is 6.74. The first-order valence-electron chi connectivity index (χ1n) is 14.4. The fourth-order valence-electron chi connectivity index (χ4n) is 4.46. The van der Waals surface area contributed by atoms with Crippen LogP contribution in [-0.2, 0) is 9.59 Å². The summed E-state index contributed by atoms with van der Waals surface area (Å²) in [5, 5.41) is 23.8.